The molecule has 4 heteroatoms. The highest BCUT2D eigenvalue weighted by molar-refractivity contribution is 7.98. The molecule has 0 saturated carbocycles. The average molecular weight is 733 g/mol. The summed E-state index contributed by atoms with van der Waals surface area (Å²) in [5, 5.41) is 0. The standard InChI is InChI=1S/C50H40N2S2/c1-53-49-33-29-47(30-34-49)51(43-9-5-3-6-10-43)45-25-21-41(22-26-45)39-17-13-37(14-18-39)38-15-19-40(20-16-38)42-23-27-46(28-24-42)52(44-11-7-4-8-12-44)48-31-35-50(54-2)36-32-48/h3-36H,1-2H3. The van der Waals surface area contributed by atoms with E-state index in [1.54, 1.807) is 23.5 Å². The second-order valence-electron chi connectivity index (χ2n) is 13.0. The summed E-state index contributed by atoms with van der Waals surface area (Å²) in [7, 11) is 0. The molecule has 0 heterocycles. The number of benzene rings is 8. The predicted molar refractivity (Wildman–Crippen MR) is 236 cm³/mol. The first-order chi connectivity index (χ1) is 26.7. The van der Waals surface area contributed by atoms with E-state index in [-0.39, 0.29) is 0 Å². The molecular weight excluding hydrogens is 693 g/mol. The van der Waals surface area contributed by atoms with Crippen LogP contribution < -0.4 is 9.80 Å². The van der Waals surface area contributed by atoms with Crippen molar-refractivity contribution in [1.29, 1.82) is 0 Å². The third kappa shape index (κ3) is 7.72. The topological polar surface area (TPSA) is 6.48 Å². The van der Waals surface area contributed by atoms with Crippen LogP contribution in [-0.2, 0) is 0 Å². The van der Waals surface area contributed by atoms with E-state index in [1.165, 1.54) is 43.2 Å². The van der Waals surface area contributed by atoms with Crippen molar-refractivity contribution in [1.82, 2.24) is 0 Å². The van der Waals surface area contributed by atoms with Crippen LogP contribution in [0.5, 0.6) is 0 Å². The summed E-state index contributed by atoms with van der Waals surface area (Å²) in [6.07, 6.45) is 4.22. The van der Waals surface area contributed by atoms with Crippen LogP contribution in [0.15, 0.2) is 216 Å². The van der Waals surface area contributed by atoms with Crippen LogP contribution in [0.3, 0.4) is 0 Å². The molecule has 0 saturated heterocycles. The van der Waals surface area contributed by atoms with Crippen molar-refractivity contribution < 1.29 is 0 Å². The number of hydrogen-bond acceptors (Lipinski definition) is 4. The van der Waals surface area contributed by atoms with Gasteiger partial charge in [-0.1, -0.05) is 109 Å². The summed E-state index contributed by atoms with van der Waals surface area (Å²) < 4.78 is 0. The van der Waals surface area contributed by atoms with E-state index in [2.05, 4.69) is 229 Å². The molecule has 8 aromatic carbocycles. The molecule has 0 bridgehead atoms. The van der Waals surface area contributed by atoms with E-state index in [0.717, 1.165) is 34.1 Å². The molecule has 0 aliphatic rings. The van der Waals surface area contributed by atoms with Gasteiger partial charge in [0.05, 0.1) is 0 Å². The van der Waals surface area contributed by atoms with Crippen molar-refractivity contribution in [3.8, 4) is 33.4 Å². The predicted octanol–water partition coefficient (Wildman–Crippen LogP) is 15.1. The van der Waals surface area contributed by atoms with Crippen LogP contribution >= 0.6 is 23.5 Å². The Morgan fingerprint density at radius 3 is 0.685 bits per heavy atom. The van der Waals surface area contributed by atoms with Crippen LogP contribution in [0.2, 0.25) is 0 Å². The van der Waals surface area contributed by atoms with Crippen molar-refractivity contribution >= 4 is 57.6 Å². The van der Waals surface area contributed by atoms with Crippen molar-refractivity contribution in [2.75, 3.05) is 22.3 Å². The van der Waals surface area contributed by atoms with Gasteiger partial charge in [-0.25, -0.2) is 0 Å². The summed E-state index contributed by atoms with van der Waals surface area (Å²) in [6.45, 7) is 0. The molecule has 0 N–H and O–H groups in total. The molecule has 0 fully saturated rings. The molecule has 0 spiro atoms. The lowest BCUT2D eigenvalue weighted by Crippen LogP contribution is -2.09. The molecule has 8 aromatic rings. The number of rotatable bonds is 11. The van der Waals surface area contributed by atoms with Gasteiger partial charge in [0.15, 0.2) is 0 Å². The lowest BCUT2D eigenvalue weighted by Gasteiger charge is -2.25. The molecule has 0 amide bonds. The minimum absolute atomic E-state index is 1.13. The summed E-state index contributed by atoms with van der Waals surface area (Å²) in [4.78, 5) is 7.12. The molecule has 0 aromatic heterocycles. The molecule has 262 valence electrons. The number of para-hydroxylation sites is 2. The Labute approximate surface area is 327 Å². The van der Waals surface area contributed by atoms with Gasteiger partial charge in [0, 0.05) is 43.9 Å². The Balaban J connectivity index is 0.982. The Hall–Kier alpha value is -5.94. The first kappa shape index (κ1) is 35.1. The van der Waals surface area contributed by atoms with Crippen LogP contribution in [0.4, 0.5) is 34.1 Å². The summed E-state index contributed by atoms with van der Waals surface area (Å²) in [5.74, 6) is 0. The van der Waals surface area contributed by atoms with Crippen LogP contribution in [0, 0.1) is 0 Å². The van der Waals surface area contributed by atoms with Crippen molar-refractivity contribution in [2.24, 2.45) is 0 Å². The van der Waals surface area contributed by atoms with Crippen molar-refractivity contribution in [3.63, 3.8) is 0 Å². The third-order valence-corrected chi connectivity index (χ3v) is 11.2. The first-order valence-corrected chi connectivity index (χ1v) is 20.5. The van der Waals surface area contributed by atoms with Gasteiger partial charge in [-0.3, -0.25) is 0 Å². The smallest absolute Gasteiger partial charge is 0.0462 e. The van der Waals surface area contributed by atoms with E-state index in [0.29, 0.717) is 0 Å². The third-order valence-electron chi connectivity index (χ3n) is 9.71. The van der Waals surface area contributed by atoms with E-state index >= 15 is 0 Å². The maximum Gasteiger partial charge on any atom is 0.0462 e. The Morgan fingerprint density at radius 1 is 0.241 bits per heavy atom. The summed E-state index contributed by atoms with van der Waals surface area (Å²) in [6, 6.07) is 74.1. The fraction of sp³-hybridized carbons (Fsp3) is 0.0400. The molecule has 2 nitrogen and oxygen atoms in total. The van der Waals surface area contributed by atoms with Gasteiger partial charge in [0.25, 0.3) is 0 Å². The summed E-state index contributed by atoms with van der Waals surface area (Å²) >= 11 is 3.52. The van der Waals surface area contributed by atoms with Crippen molar-refractivity contribution in [2.45, 2.75) is 9.79 Å². The van der Waals surface area contributed by atoms with E-state index < -0.39 is 0 Å². The zero-order valence-electron chi connectivity index (χ0n) is 30.3. The van der Waals surface area contributed by atoms with E-state index in [9.17, 15) is 0 Å². The fourth-order valence-corrected chi connectivity index (χ4v) is 7.64. The molecule has 8 rings (SSSR count). The molecule has 54 heavy (non-hydrogen) atoms. The maximum atomic E-state index is 2.31. The highest BCUT2D eigenvalue weighted by atomic mass is 32.2. The SMILES string of the molecule is CSc1ccc(N(c2ccccc2)c2ccc(-c3ccc(-c4ccc(-c5ccc(N(c6ccccc6)c6ccc(SC)cc6)cc5)cc4)cc3)cc2)cc1. The van der Waals surface area contributed by atoms with Gasteiger partial charge >= 0.3 is 0 Å². The molecule has 0 aliphatic heterocycles. The highest BCUT2D eigenvalue weighted by Crippen LogP contribution is 2.38. The minimum Gasteiger partial charge on any atom is -0.311 e. The molecule has 0 atom stereocenters. The maximum absolute atomic E-state index is 2.31. The number of thioether (sulfide) groups is 2. The van der Waals surface area contributed by atoms with E-state index in [4.69, 9.17) is 0 Å². The average Bonchev–Trinajstić information content (AvgIpc) is 3.26. The number of anilines is 6. The van der Waals surface area contributed by atoms with Gasteiger partial charge in [-0.05, 0) is 143 Å². The zero-order chi connectivity index (χ0) is 36.7. The molecule has 0 unspecified atom stereocenters. The highest BCUT2D eigenvalue weighted by Gasteiger charge is 2.14. The van der Waals surface area contributed by atoms with Crippen LogP contribution in [0.1, 0.15) is 0 Å². The molecule has 0 aliphatic carbocycles. The monoisotopic (exact) mass is 732 g/mol. The van der Waals surface area contributed by atoms with Crippen LogP contribution in [0.25, 0.3) is 33.4 Å². The number of hydrogen-bond donors (Lipinski definition) is 0. The van der Waals surface area contributed by atoms with E-state index in [1.807, 2.05) is 0 Å². The lowest BCUT2D eigenvalue weighted by atomic mass is 9.98. The number of nitrogens with zero attached hydrogens (tertiary/aromatic N) is 2. The molecular formula is C50H40N2S2. The van der Waals surface area contributed by atoms with Crippen molar-refractivity contribution in [3.05, 3.63) is 206 Å². The Morgan fingerprint density at radius 2 is 0.444 bits per heavy atom. The van der Waals surface area contributed by atoms with Gasteiger partial charge < -0.3 is 9.80 Å². The normalized spacial score (nSPS) is 10.9. The lowest BCUT2D eigenvalue weighted by molar-refractivity contribution is 1.27. The summed E-state index contributed by atoms with van der Waals surface area (Å²) in [5.41, 5.74) is 14.0. The zero-order valence-corrected chi connectivity index (χ0v) is 32.0. The Kier molecular flexibility index (Phi) is 10.7. The van der Waals surface area contributed by atoms with Gasteiger partial charge in [0.1, 0.15) is 0 Å². The second kappa shape index (κ2) is 16.4. The first-order valence-electron chi connectivity index (χ1n) is 18.1. The minimum atomic E-state index is 1.13. The van der Waals surface area contributed by atoms with Gasteiger partial charge in [-0.2, -0.15) is 0 Å². The fourth-order valence-electron chi connectivity index (χ4n) is 6.83. The molecule has 0 radical (unpaired) electrons. The van der Waals surface area contributed by atoms with Gasteiger partial charge in [0.2, 0.25) is 0 Å². The largest absolute Gasteiger partial charge is 0.311 e. The Bertz CT molecular complexity index is 2220. The van der Waals surface area contributed by atoms with Crippen LogP contribution in [-0.4, -0.2) is 12.5 Å². The quantitative estimate of drug-likeness (QED) is 0.122. The second-order valence-corrected chi connectivity index (χ2v) is 14.7. The van der Waals surface area contributed by atoms with Gasteiger partial charge in [-0.15, -0.1) is 23.5 Å².